The molecule has 2 heteroatoms. The second kappa shape index (κ2) is 13.1. The van der Waals surface area contributed by atoms with E-state index < -0.39 is 5.41 Å². The first-order chi connectivity index (χ1) is 26.5. The molecule has 0 aromatic heterocycles. The molecule has 4 aliphatic carbocycles. The van der Waals surface area contributed by atoms with E-state index in [4.69, 9.17) is 0 Å². The van der Waals surface area contributed by atoms with Crippen LogP contribution in [0.4, 0.5) is 11.4 Å². The topological polar surface area (TPSA) is 6.48 Å². The SMILES string of the molecule is Cc1ccc(C(c2ccc(C)cc2)(c2ccc(C)cc2)c2cc(N3C4C=CC=CC4C4C=CC=CC43)cc(N3C4C=CC=CC4C4C=CC=CC43)c2)cc1. The van der Waals surface area contributed by atoms with Crippen molar-refractivity contribution in [2.75, 3.05) is 9.80 Å². The van der Waals surface area contributed by atoms with Crippen LogP contribution >= 0.6 is 0 Å². The van der Waals surface area contributed by atoms with Gasteiger partial charge < -0.3 is 9.80 Å². The molecule has 0 amide bonds. The summed E-state index contributed by atoms with van der Waals surface area (Å²) in [6.45, 7) is 6.58. The molecule has 2 fully saturated rings. The number of nitrogens with zero attached hydrogens (tertiary/aromatic N) is 2. The third kappa shape index (κ3) is 5.14. The van der Waals surface area contributed by atoms with Gasteiger partial charge in [0.1, 0.15) is 0 Å². The molecular weight excluding hydrogens is 653 g/mol. The maximum Gasteiger partial charge on any atom is 0.0703 e. The van der Waals surface area contributed by atoms with Crippen molar-refractivity contribution < 1.29 is 0 Å². The number of rotatable bonds is 6. The normalized spacial score (nSPS) is 28.4. The smallest absolute Gasteiger partial charge is 0.0703 e. The van der Waals surface area contributed by atoms with E-state index in [1.807, 2.05) is 0 Å². The summed E-state index contributed by atoms with van der Waals surface area (Å²) in [5, 5.41) is 0. The molecule has 54 heavy (non-hydrogen) atoms. The first-order valence-corrected chi connectivity index (χ1v) is 19.8. The summed E-state index contributed by atoms with van der Waals surface area (Å²) in [7, 11) is 0. The molecule has 0 N–H and O–H groups in total. The zero-order valence-electron chi connectivity index (χ0n) is 31.4. The third-order valence-electron chi connectivity index (χ3n) is 13.1. The third-order valence-corrected chi connectivity index (χ3v) is 13.1. The lowest BCUT2D eigenvalue weighted by molar-refractivity contribution is 0.527. The van der Waals surface area contributed by atoms with Gasteiger partial charge in [0.05, 0.1) is 29.6 Å². The maximum absolute atomic E-state index is 2.74. The number of fused-ring (bicyclic) bond motifs is 6. The zero-order valence-corrected chi connectivity index (χ0v) is 31.4. The lowest BCUT2D eigenvalue weighted by Gasteiger charge is -2.41. The van der Waals surface area contributed by atoms with E-state index in [9.17, 15) is 0 Å². The second-order valence-corrected chi connectivity index (χ2v) is 16.3. The Morgan fingerprint density at radius 3 is 0.907 bits per heavy atom. The summed E-state index contributed by atoms with van der Waals surface area (Å²) < 4.78 is 0. The molecule has 2 aliphatic heterocycles. The predicted octanol–water partition coefficient (Wildman–Crippen LogP) is 11.1. The Balaban J connectivity index is 1.28. The molecule has 4 aromatic rings. The fourth-order valence-electron chi connectivity index (χ4n) is 10.6. The van der Waals surface area contributed by atoms with Gasteiger partial charge in [-0.3, -0.25) is 0 Å². The average Bonchev–Trinajstić information content (AvgIpc) is 3.73. The summed E-state index contributed by atoms with van der Waals surface area (Å²) in [6, 6.07) is 36.7. The van der Waals surface area contributed by atoms with Crippen LogP contribution in [-0.2, 0) is 5.41 Å². The molecule has 0 radical (unpaired) electrons. The highest BCUT2D eigenvalue weighted by Crippen LogP contribution is 2.52. The Morgan fingerprint density at radius 1 is 0.333 bits per heavy atom. The van der Waals surface area contributed by atoms with Crippen molar-refractivity contribution >= 4 is 11.4 Å². The van der Waals surface area contributed by atoms with Crippen LogP contribution in [0.15, 0.2) is 188 Å². The van der Waals surface area contributed by atoms with Gasteiger partial charge in [0.15, 0.2) is 0 Å². The maximum atomic E-state index is 2.74. The van der Waals surface area contributed by atoms with Crippen molar-refractivity contribution in [3.63, 3.8) is 0 Å². The van der Waals surface area contributed by atoms with Gasteiger partial charge in [0.2, 0.25) is 0 Å². The van der Waals surface area contributed by atoms with Gasteiger partial charge in [0, 0.05) is 35.0 Å². The number of allylic oxidation sites excluding steroid dienone is 8. The Kier molecular flexibility index (Phi) is 7.98. The lowest BCUT2D eigenvalue weighted by atomic mass is 9.64. The van der Waals surface area contributed by atoms with Gasteiger partial charge in [-0.05, 0) is 61.2 Å². The summed E-state index contributed by atoms with van der Waals surface area (Å²) in [6.07, 6.45) is 37.6. The van der Waals surface area contributed by atoms with Crippen molar-refractivity contribution in [3.05, 3.63) is 227 Å². The number of benzene rings is 4. The van der Waals surface area contributed by atoms with Crippen molar-refractivity contribution in [2.45, 2.75) is 50.4 Å². The molecule has 6 aliphatic rings. The van der Waals surface area contributed by atoms with E-state index >= 15 is 0 Å². The largest absolute Gasteiger partial charge is 0.357 e. The van der Waals surface area contributed by atoms with Gasteiger partial charge in [-0.25, -0.2) is 0 Å². The van der Waals surface area contributed by atoms with E-state index in [2.05, 4.69) is 219 Å². The van der Waals surface area contributed by atoms with E-state index in [0.29, 0.717) is 23.7 Å². The number of anilines is 2. The average molecular weight is 701 g/mol. The van der Waals surface area contributed by atoms with E-state index in [1.165, 1.54) is 50.3 Å². The van der Waals surface area contributed by atoms with Crippen molar-refractivity contribution in [2.24, 2.45) is 23.7 Å². The Bertz CT molecular complexity index is 2040. The van der Waals surface area contributed by atoms with Crippen LogP contribution in [0.2, 0.25) is 0 Å². The van der Waals surface area contributed by atoms with Gasteiger partial charge >= 0.3 is 0 Å². The quantitative estimate of drug-likeness (QED) is 0.185. The van der Waals surface area contributed by atoms with E-state index in [1.54, 1.807) is 0 Å². The molecule has 10 rings (SSSR count). The van der Waals surface area contributed by atoms with Gasteiger partial charge in [-0.1, -0.05) is 187 Å². The first kappa shape index (κ1) is 33.0. The van der Waals surface area contributed by atoms with Crippen LogP contribution in [0, 0.1) is 44.4 Å². The van der Waals surface area contributed by atoms with E-state index in [0.717, 1.165) is 0 Å². The molecule has 0 spiro atoms. The Hall–Kier alpha value is -5.60. The number of aryl methyl sites for hydroxylation is 3. The molecule has 8 atom stereocenters. The molecule has 2 saturated heterocycles. The summed E-state index contributed by atoms with van der Waals surface area (Å²) in [5.74, 6) is 1.68. The molecule has 0 saturated carbocycles. The molecule has 266 valence electrons. The highest BCUT2D eigenvalue weighted by Gasteiger charge is 2.49. The highest BCUT2D eigenvalue weighted by molar-refractivity contribution is 5.73. The summed E-state index contributed by atoms with van der Waals surface area (Å²) in [4.78, 5) is 5.48. The van der Waals surface area contributed by atoms with Crippen LogP contribution in [0.3, 0.4) is 0 Å². The zero-order chi connectivity index (χ0) is 36.4. The molecule has 8 unspecified atom stereocenters. The van der Waals surface area contributed by atoms with Crippen molar-refractivity contribution in [3.8, 4) is 0 Å². The Labute approximate surface area is 321 Å². The minimum Gasteiger partial charge on any atom is -0.357 e. The standard InChI is InChI=1S/C52H48N2/c1-35-20-26-38(27-21-35)52(39-28-22-36(2)23-29-39,40-30-24-37(3)25-31-40)41-32-42(53-48-16-8-4-12-44(48)45-13-5-9-17-49(45)53)34-43(33-41)54-50-18-10-6-14-46(50)47-15-7-11-19-51(47)54/h4-34,44-51H,1-3H3. The van der Waals surface area contributed by atoms with Crippen LogP contribution in [0.25, 0.3) is 0 Å². The number of hydrogen-bond donors (Lipinski definition) is 0. The van der Waals surface area contributed by atoms with Crippen LogP contribution < -0.4 is 9.80 Å². The lowest BCUT2D eigenvalue weighted by Crippen LogP contribution is -2.40. The summed E-state index contributed by atoms with van der Waals surface area (Å²) in [5.41, 5.74) is 10.9. The van der Waals surface area contributed by atoms with Crippen molar-refractivity contribution in [1.29, 1.82) is 0 Å². The highest BCUT2D eigenvalue weighted by atomic mass is 15.3. The minimum absolute atomic E-state index is 0.266. The molecule has 0 bridgehead atoms. The Morgan fingerprint density at radius 2 is 0.611 bits per heavy atom. The van der Waals surface area contributed by atoms with Crippen LogP contribution in [0.5, 0.6) is 0 Å². The van der Waals surface area contributed by atoms with Gasteiger partial charge in [0.25, 0.3) is 0 Å². The fraction of sp³-hybridized carbons (Fsp3) is 0.231. The van der Waals surface area contributed by atoms with Gasteiger partial charge in [-0.15, -0.1) is 0 Å². The molecule has 4 aromatic carbocycles. The molecular formula is C52H48N2. The second-order valence-electron chi connectivity index (χ2n) is 16.3. The first-order valence-electron chi connectivity index (χ1n) is 19.8. The fourth-order valence-corrected chi connectivity index (χ4v) is 10.6. The molecule has 2 nitrogen and oxygen atoms in total. The van der Waals surface area contributed by atoms with E-state index in [-0.39, 0.29) is 24.2 Å². The van der Waals surface area contributed by atoms with Gasteiger partial charge in [-0.2, -0.15) is 0 Å². The minimum atomic E-state index is -0.577. The monoisotopic (exact) mass is 700 g/mol. The molecule has 2 heterocycles. The number of hydrogen-bond acceptors (Lipinski definition) is 2. The van der Waals surface area contributed by atoms with Crippen LogP contribution in [0.1, 0.15) is 38.9 Å². The summed E-state index contributed by atoms with van der Waals surface area (Å²) >= 11 is 0. The van der Waals surface area contributed by atoms with Crippen molar-refractivity contribution in [1.82, 2.24) is 0 Å². The van der Waals surface area contributed by atoms with Crippen LogP contribution in [-0.4, -0.2) is 24.2 Å². The predicted molar refractivity (Wildman–Crippen MR) is 226 cm³/mol.